The van der Waals surface area contributed by atoms with Crippen molar-refractivity contribution in [2.75, 3.05) is 44.2 Å². The van der Waals surface area contributed by atoms with Crippen LogP contribution in [-0.4, -0.2) is 71.1 Å². The van der Waals surface area contributed by atoms with Gasteiger partial charge in [0.1, 0.15) is 0 Å². The molecule has 2 heterocycles. The van der Waals surface area contributed by atoms with Gasteiger partial charge in [0, 0.05) is 38.3 Å². The van der Waals surface area contributed by atoms with Gasteiger partial charge in [-0.25, -0.2) is 0 Å². The largest absolute Gasteiger partial charge is 0.352 e. The number of hydrogen-bond donors (Lipinski definition) is 0. The van der Waals surface area contributed by atoms with E-state index in [0.717, 1.165) is 29.1 Å². The first kappa shape index (κ1) is 25.4. The number of nitrogens with zero attached hydrogens (tertiary/aromatic N) is 5. The number of rotatable bonds is 9. The molecule has 3 aromatic rings. The first-order valence-corrected chi connectivity index (χ1v) is 12.8. The molecular formula is C29H35N5O2. The number of carbonyl (C=O) groups is 2. The van der Waals surface area contributed by atoms with Gasteiger partial charge in [-0.05, 0) is 23.6 Å². The second-order valence-electron chi connectivity index (χ2n) is 9.46. The van der Waals surface area contributed by atoms with E-state index in [4.69, 9.17) is 0 Å². The Morgan fingerprint density at radius 3 is 2.17 bits per heavy atom. The minimum Gasteiger partial charge on any atom is -0.352 e. The van der Waals surface area contributed by atoms with Gasteiger partial charge in [0.25, 0.3) is 0 Å². The maximum absolute atomic E-state index is 13.2. The van der Waals surface area contributed by atoms with Crippen LogP contribution in [0.4, 0.5) is 5.82 Å². The van der Waals surface area contributed by atoms with Crippen LogP contribution in [0.5, 0.6) is 0 Å². The molecule has 1 fully saturated rings. The molecule has 2 aromatic carbocycles. The highest BCUT2D eigenvalue weighted by molar-refractivity contribution is 5.86. The predicted octanol–water partition coefficient (Wildman–Crippen LogP) is 3.91. The Hall–Kier alpha value is -3.74. The summed E-state index contributed by atoms with van der Waals surface area (Å²) in [5, 5.41) is 8.81. The van der Waals surface area contributed by atoms with E-state index in [1.54, 1.807) is 4.90 Å². The van der Waals surface area contributed by atoms with Gasteiger partial charge >= 0.3 is 0 Å². The van der Waals surface area contributed by atoms with Gasteiger partial charge in [0.2, 0.25) is 11.8 Å². The zero-order valence-corrected chi connectivity index (χ0v) is 21.2. The summed E-state index contributed by atoms with van der Waals surface area (Å²) in [6.45, 7) is 7.54. The molecule has 1 aromatic heterocycles. The van der Waals surface area contributed by atoms with Crippen LogP contribution in [0.1, 0.15) is 25.8 Å². The molecule has 0 bridgehead atoms. The Morgan fingerprint density at radius 2 is 1.56 bits per heavy atom. The lowest BCUT2D eigenvalue weighted by atomic mass is 10.1. The molecule has 0 spiro atoms. The zero-order chi connectivity index (χ0) is 25.3. The van der Waals surface area contributed by atoms with E-state index >= 15 is 0 Å². The SMILES string of the molecule is CCC(C)CN(CC(=O)N1CCN(c2ccc(-c3ccccc3)nn2)CC1)C(=O)Cc1ccccc1. The fourth-order valence-electron chi connectivity index (χ4n) is 4.35. The van der Waals surface area contributed by atoms with Crippen molar-refractivity contribution in [3.8, 4) is 11.3 Å². The number of carbonyl (C=O) groups excluding carboxylic acids is 2. The van der Waals surface area contributed by atoms with Gasteiger partial charge in [-0.3, -0.25) is 9.59 Å². The van der Waals surface area contributed by atoms with Crippen LogP contribution in [-0.2, 0) is 16.0 Å². The highest BCUT2D eigenvalue weighted by atomic mass is 16.2. The summed E-state index contributed by atoms with van der Waals surface area (Å²) in [7, 11) is 0. The van der Waals surface area contributed by atoms with Gasteiger partial charge in [-0.1, -0.05) is 80.9 Å². The first-order valence-electron chi connectivity index (χ1n) is 12.8. The molecule has 4 rings (SSSR count). The van der Waals surface area contributed by atoms with E-state index < -0.39 is 0 Å². The third kappa shape index (κ3) is 6.68. The van der Waals surface area contributed by atoms with Crippen molar-refractivity contribution in [2.24, 2.45) is 5.92 Å². The number of aromatic nitrogens is 2. The molecule has 1 unspecified atom stereocenters. The predicted molar refractivity (Wildman–Crippen MR) is 142 cm³/mol. The van der Waals surface area contributed by atoms with Gasteiger partial charge in [0.15, 0.2) is 5.82 Å². The van der Waals surface area contributed by atoms with Gasteiger partial charge in [-0.2, -0.15) is 0 Å². The normalized spacial score (nSPS) is 14.4. The Kier molecular flexibility index (Phi) is 8.66. The van der Waals surface area contributed by atoms with E-state index in [1.807, 2.05) is 77.7 Å². The molecule has 1 atom stereocenters. The Bertz CT molecular complexity index is 1110. The molecule has 0 saturated carbocycles. The van der Waals surface area contributed by atoms with Crippen molar-refractivity contribution in [1.29, 1.82) is 0 Å². The second kappa shape index (κ2) is 12.3. The smallest absolute Gasteiger partial charge is 0.242 e. The van der Waals surface area contributed by atoms with Crippen molar-refractivity contribution >= 4 is 17.6 Å². The van der Waals surface area contributed by atoms with Crippen LogP contribution in [0.3, 0.4) is 0 Å². The van der Waals surface area contributed by atoms with E-state index in [2.05, 4.69) is 28.9 Å². The lowest BCUT2D eigenvalue weighted by Crippen LogP contribution is -2.52. The van der Waals surface area contributed by atoms with E-state index in [0.29, 0.717) is 45.1 Å². The van der Waals surface area contributed by atoms with E-state index in [-0.39, 0.29) is 18.4 Å². The molecule has 0 radical (unpaired) electrons. The van der Waals surface area contributed by atoms with Gasteiger partial charge < -0.3 is 14.7 Å². The average Bonchev–Trinajstić information content (AvgIpc) is 2.93. The van der Waals surface area contributed by atoms with Crippen molar-refractivity contribution in [2.45, 2.75) is 26.7 Å². The first-order chi connectivity index (χ1) is 17.5. The van der Waals surface area contributed by atoms with Crippen molar-refractivity contribution in [3.63, 3.8) is 0 Å². The maximum Gasteiger partial charge on any atom is 0.242 e. The van der Waals surface area contributed by atoms with Crippen molar-refractivity contribution in [1.82, 2.24) is 20.0 Å². The highest BCUT2D eigenvalue weighted by Crippen LogP contribution is 2.19. The third-order valence-corrected chi connectivity index (χ3v) is 6.78. The van der Waals surface area contributed by atoms with Crippen LogP contribution in [0.15, 0.2) is 72.8 Å². The monoisotopic (exact) mass is 485 g/mol. The van der Waals surface area contributed by atoms with Gasteiger partial charge in [0.05, 0.1) is 18.7 Å². The summed E-state index contributed by atoms with van der Waals surface area (Å²) in [4.78, 5) is 32.0. The molecule has 0 N–H and O–H groups in total. The van der Waals surface area contributed by atoms with E-state index in [9.17, 15) is 9.59 Å². The van der Waals surface area contributed by atoms with Crippen molar-refractivity contribution < 1.29 is 9.59 Å². The lowest BCUT2D eigenvalue weighted by molar-refractivity contribution is -0.140. The molecule has 2 amide bonds. The number of piperazine rings is 1. The molecule has 0 aliphatic carbocycles. The summed E-state index contributed by atoms with van der Waals surface area (Å²) in [5.41, 5.74) is 2.85. The number of anilines is 1. The molecule has 1 aliphatic heterocycles. The molecule has 7 nitrogen and oxygen atoms in total. The van der Waals surface area contributed by atoms with Gasteiger partial charge in [-0.15, -0.1) is 10.2 Å². The Labute approximate surface area is 213 Å². The Balaban J connectivity index is 1.33. The van der Waals surface area contributed by atoms with Crippen LogP contribution in [0.2, 0.25) is 0 Å². The zero-order valence-electron chi connectivity index (χ0n) is 21.2. The molecule has 36 heavy (non-hydrogen) atoms. The fraction of sp³-hybridized carbons (Fsp3) is 0.379. The number of hydrogen-bond acceptors (Lipinski definition) is 5. The molecule has 188 valence electrons. The highest BCUT2D eigenvalue weighted by Gasteiger charge is 2.26. The summed E-state index contributed by atoms with van der Waals surface area (Å²) >= 11 is 0. The van der Waals surface area contributed by atoms with E-state index in [1.165, 1.54) is 0 Å². The van der Waals surface area contributed by atoms with Crippen molar-refractivity contribution in [3.05, 3.63) is 78.4 Å². The topological polar surface area (TPSA) is 69.6 Å². The van der Waals surface area contributed by atoms with Crippen LogP contribution >= 0.6 is 0 Å². The quantitative estimate of drug-likeness (QED) is 0.460. The maximum atomic E-state index is 13.2. The summed E-state index contributed by atoms with van der Waals surface area (Å²) in [6.07, 6.45) is 1.28. The van der Waals surface area contributed by atoms with Crippen LogP contribution < -0.4 is 4.90 Å². The average molecular weight is 486 g/mol. The summed E-state index contributed by atoms with van der Waals surface area (Å²) in [5.74, 6) is 1.16. The van der Waals surface area contributed by atoms with Crippen LogP contribution in [0.25, 0.3) is 11.3 Å². The molecule has 1 saturated heterocycles. The number of benzene rings is 2. The molecule has 1 aliphatic rings. The fourth-order valence-corrected chi connectivity index (χ4v) is 4.35. The summed E-state index contributed by atoms with van der Waals surface area (Å²) < 4.78 is 0. The summed E-state index contributed by atoms with van der Waals surface area (Å²) in [6, 6.07) is 23.7. The second-order valence-corrected chi connectivity index (χ2v) is 9.46. The third-order valence-electron chi connectivity index (χ3n) is 6.78. The molecular weight excluding hydrogens is 450 g/mol. The molecule has 7 heteroatoms. The minimum atomic E-state index is 0.00210. The standard InChI is InChI=1S/C29H35N5O2/c1-3-23(2)21-34(28(35)20-24-10-6-4-7-11-24)22-29(36)33-18-16-32(17-19-33)27-15-14-26(30-31-27)25-12-8-5-9-13-25/h4-15,23H,3,16-22H2,1-2H3. The number of amides is 2. The Morgan fingerprint density at radius 1 is 0.889 bits per heavy atom. The van der Waals surface area contributed by atoms with Crippen LogP contribution in [0, 0.1) is 5.92 Å². The lowest BCUT2D eigenvalue weighted by Gasteiger charge is -2.36. The minimum absolute atomic E-state index is 0.00210.